The second kappa shape index (κ2) is 17.8. The Morgan fingerprint density at radius 1 is 0.898 bits per heavy atom. The van der Waals surface area contributed by atoms with Crippen LogP contribution in [0, 0.1) is 17.8 Å². The average Bonchev–Trinajstić information content (AvgIpc) is 3.08. The van der Waals surface area contributed by atoms with E-state index in [1.807, 2.05) is 6.92 Å². The smallest absolute Gasteiger partial charge is 0.338 e. The monoisotopic (exact) mass is 696 g/mol. The first-order valence-corrected chi connectivity index (χ1v) is 17.5. The van der Waals surface area contributed by atoms with Gasteiger partial charge in [-0.3, -0.25) is 0 Å². The van der Waals surface area contributed by atoms with E-state index in [0.29, 0.717) is 18.4 Å². The summed E-state index contributed by atoms with van der Waals surface area (Å²) >= 11 is 0. The summed E-state index contributed by atoms with van der Waals surface area (Å²) in [5.74, 6) is -1.45. The van der Waals surface area contributed by atoms with E-state index in [9.17, 15) is 35.1 Å². The van der Waals surface area contributed by atoms with Crippen LogP contribution in [0.2, 0.25) is 0 Å². The Morgan fingerprint density at radius 2 is 1.61 bits per heavy atom. The minimum Gasteiger partial charge on any atom is -0.479 e. The van der Waals surface area contributed by atoms with Gasteiger partial charge in [-0.25, -0.2) is 9.59 Å². The van der Waals surface area contributed by atoms with Crippen molar-refractivity contribution in [1.82, 2.24) is 0 Å². The number of hydrogen-bond donors (Lipinski definition) is 5. The van der Waals surface area contributed by atoms with Crippen molar-refractivity contribution in [1.29, 1.82) is 0 Å². The maximum atomic E-state index is 12.9. The summed E-state index contributed by atoms with van der Waals surface area (Å²) < 4.78 is 41.9. The Morgan fingerprint density at radius 3 is 2.33 bits per heavy atom. The lowest BCUT2D eigenvalue weighted by Gasteiger charge is -2.46. The number of ether oxygens (including phenoxy) is 7. The van der Waals surface area contributed by atoms with Gasteiger partial charge in [0.05, 0.1) is 31.0 Å². The Kier molecular flexibility index (Phi) is 13.8. The Hall–Kier alpha value is -2.24. The lowest BCUT2D eigenvalue weighted by Crippen LogP contribution is -2.61. The fraction of sp³-hybridized carbons (Fsp3) is 0.771. The number of carbonyl (C=O) groups excluding carboxylic acids is 1. The molecule has 14 heteroatoms. The van der Waals surface area contributed by atoms with Crippen LogP contribution in [0.15, 0.2) is 30.3 Å². The van der Waals surface area contributed by atoms with Crippen LogP contribution in [0.1, 0.15) is 75.6 Å². The quantitative estimate of drug-likeness (QED) is 0.223. The van der Waals surface area contributed by atoms with Crippen molar-refractivity contribution in [2.24, 2.45) is 17.8 Å². The zero-order chi connectivity index (χ0) is 35.1. The van der Waals surface area contributed by atoms with E-state index in [4.69, 9.17) is 33.2 Å². The highest BCUT2D eigenvalue weighted by Crippen LogP contribution is 2.37. The lowest BCUT2D eigenvalue weighted by molar-refractivity contribution is -0.379. The molecule has 1 aromatic rings. The summed E-state index contributed by atoms with van der Waals surface area (Å²) in [7, 11) is 0. The number of esters is 1. The fourth-order valence-corrected chi connectivity index (χ4v) is 7.36. The van der Waals surface area contributed by atoms with E-state index < -0.39 is 92.9 Å². The number of hydrogen-bond acceptors (Lipinski definition) is 13. The summed E-state index contributed by atoms with van der Waals surface area (Å²) in [5, 5.41) is 53.4. The molecule has 276 valence electrons. The third kappa shape index (κ3) is 10.2. The largest absolute Gasteiger partial charge is 0.479 e. The normalized spacial score (nSPS) is 37.5. The number of carboxylic acids is 1. The number of aliphatic carboxylic acids is 1. The molecule has 1 aromatic carbocycles. The fourth-order valence-electron chi connectivity index (χ4n) is 7.36. The summed E-state index contributed by atoms with van der Waals surface area (Å²) in [4.78, 5) is 25.0. The van der Waals surface area contributed by atoms with Crippen molar-refractivity contribution >= 4 is 11.9 Å². The average molecular weight is 697 g/mol. The molecule has 2 aliphatic carbocycles. The number of aliphatic hydroxyl groups excluding tert-OH is 4. The van der Waals surface area contributed by atoms with E-state index in [1.54, 1.807) is 30.3 Å². The molecular weight excluding hydrogens is 644 g/mol. The number of rotatable bonds is 10. The highest BCUT2D eigenvalue weighted by atomic mass is 16.8. The van der Waals surface area contributed by atoms with Gasteiger partial charge in [-0.05, 0) is 49.1 Å². The van der Waals surface area contributed by atoms with Gasteiger partial charge >= 0.3 is 11.9 Å². The van der Waals surface area contributed by atoms with Crippen LogP contribution < -0.4 is 0 Å². The van der Waals surface area contributed by atoms with Gasteiger partial charge in [0.2, 0.25) is 0 Å². The van der Waals surface area contributed by atoms with E-state index in [2.05, 4.69) is 6.92 Å². The third-order valence-electron chi connectivity index (χ3n) is 10.0. The molecule has 2 saturated carbocycles. The van der Waals surface area contributed by atoms with Gasteiger partial charge < -0.3 is 58.7 Å². The minimum absolute atomic E-state index is 0.102. The molecule has 4 fully saturated rings. The van der Waals surface area contributed by atoms with Crippen molar-refractivity contribution in [3.05, 3.63) is 35.9 Å². The number of aliphatic hydroxyl groups is 4. The molecule has 13 atom stereocenters. The van der Waals surface area contributed by atoms with Gasteiger partial charge in [-0.15, -0.1) is 0 Å². The first kappa shape index (κ1) is 38.0. The number of carbonyl (C=O) groups is 2. The Balaban J connectivity index is 1.38. The summed E-state index contributed by atoms with van der Waals surface area (Å²) in [6.07, 6.45) is -7.62. The first-order valence-electron chi connectivity index (χ1n) is 17.5. The number of fused-ring (bicyclic) bond motifs is 3. The van der Waals surface area contributed by atoms with E-state index in [1.165, 1.54) is 0 Å². The predicted octanol–water partition coefficient (Wildman–Crippen LogP) is 1.99. The zero-order valence-corrected chi connectivity index (χ0v) is 28.2. The zero-order valence-electron chi connectivity index (χ0n) is 28.2. The van der Waals surface area contributed by atoms with Crippen molar-refractivity contribution in [3.8, 4) is 0 Å². The molecule has 5 N–H and O–H groups in total. The van der Waals surface area contributed by atoms with Crippen LogP contribution in [0.4, 0.5) is 0 Å². The van der Waals surface area contributed by atoms with Crippen molar-refractivity contribution in [2.75, 3.05) is 19.8 Å². The van der Waals surface area contributed by atoms with Crippen molar-refractivity contribution in [2.45, 2.75) is 133 Å². The summed E-state index contributed by atoms with van der Waals surface area (Å²) in [6, 6.07) is 8.38. The molecule has 5 rings (SSSR count). The lowest BCUT2D eigenvalue weighted by atomic mass is 9.79. The Labute approximate surface area is 286 Å². The van der Waals surface area contributed by atoms with Crippen LogP contribution in [-0.2, 0) is 38.0 Å². The molecule has 2 bridgehead atoms. The molecule has 14 nitrogen and oxygen atoms in total. The van der Waals surface area contributed by atoms with Gasteiger partial charge in [0.25, 0.3) is 0 Å². The number of carboxylic acid groups (broad SMARTS) is 1. The molecule has 0 radical (unpaired) electrons. The third-order valence-corrected chi connectivity index (χ3v) is 10.0. The van der Waals surface area contributed by atoms with E-state index in [0.717, 1.165) is 38.5 Å². The molecule has 4 aliphatic rings. The van der Waals surface area contributed by atoms with Gasteiger partial charge in [-0.1, -0.05) is 64.2 Å². The second-order valence-electron chi connectivity index (χ2n) is 14.0. The Bertz CT molecular complexity index is 1180. The molecule has 2 aliphatic heterocycles. The van der Waals surface area contributed by atoms with Crippen LogP contribution >= 0.6 is 0 Å². The molecule has 2 heterocycles. The van der Waals surface area contributed by atoms with Gasteiger partial charge in [0.1, 0.15) is 37.1 Å². The summed E-state index contributed by atoms with van der Waals surface area (Å²) in [6.45, 7) is 2.75. The topological polar surface area (TPSA) is 200 Å². The molecule has 2 saturated heterocycles. The van der Waals surface area contributed by atoms with Crippen LogP contribution in [0.5, 0.6) is 0 Å². The minimum atomic E-state index is -1.67. The highest BCUT2D eigenvalue weighted by Gasteiger charge is 2.49. The number of benzene rings is 1. The standard InChI is InChI=1S/C35H52O14/c1-19-13-20(2)31-24(14-19)46-27(18-44-33(42)22-11-7-4-8-12-22)47-26(17-45-34-29(38)28(37)30(39)35(48-31)49-34)23(36)16-43-25(32(40)41)15-21-9-5-3-6-10-21/h4,7-8,11-12,19-21,23-31,34-39H,3,5-6,9-10,13-18H2,1-2H3,(H,40,41)/t19?,20?,23-,24-,25+,26?,27-,28?,29+,30?,31?,34?,35-/m1/s1. The predicted molar refractivity (Wildman–Crippen MR) is 170 cm³/mol. The van der Waals surface area contributed by atoms with Crippen LogP contribution in [0.25, 0.3) is 0 Å². The molecular formula is C35H52O14. The van der Waals surface area contributed by atoms with Crippen LogP contribution in [0.3, 0.4) is 0 Å². The molecule has 0 amide bonds. The molecule has 7 unspecified atom stereocenters. The second-order valence-corrected chi connectivity index (χ2v) is 14.0. The van der Waals surface area contributed by atoms with Gasteiger partial charge in [0.15, 0.2) is 25.0 Å². The van der Waals surface area contributed by atoms with Crippen molar-refractivity contribution in [3.63, 3.8) is 0 Å². The maximum Gasteiger partial charge on any atom is 0.338 e. The molecule has 49 heavy (non-hydrogen) atoms. The SMILES string of the molecule is CC1CC(C)C2O[C@@H]3OC(OCC([C@H](O)CO[C@@H](CC4CCCCC4)C(=O)O)O[C@H](COC(=O)c4ccccc4)O[C@@H]2C1)[C@@H](O)C(O)C3O. The maximum absolute atomic E-state index is 12.9. The first-order chi connectivity index (χ1) is 23.5. The van der Waals surface area contributed by atoms with Crippen LogP contribution in [-0.4, -0.2) is 125 Å². The molecule has 0 aromatic heterocycles. The summed E-state index contributed by atoms with van der Waals surface area (Å²) in [5.41, 5.74) is 0.314. The highest BCUT2D eigenvalue weighted by molar-refractivity contribution is 5.89. The van der Waals surface area contributed by atoms with Gasteiger partial charge in [0, 0.05) is 0 Å². The van der Waals surface area contributed by atoms with E-state index >= 15 is 0 Å². The van der Waals surface area contributed by atoms with Crippen molar-refractivity contribution < 1.29 is 68.3 Å². The molecule has 0 spiro atoms. The van der Waals surface area contributed by atoms with E-state index in [-0.39, 0.29) is 24.4 Å². The van der Waals surface area contributed by atoms with Gasteiger partial charge in [-0.2, -0.15) is 0 Å².